The summed E-state index contributed by atoms with van der Waals surface area (Å²) in [5, 5.41) is 26.0. The first-order chi connectivity index (χ1) is 34.8. The molecule has 0 radical (unpaired) electrons. The molecule has 0 unspecified atom stereocenters. The minimum atomic E-state index is -0.911. The van der Waals surface area contributed by atoms with Crippen LogP contribution in [-0.2, 0) is 59.6 Å². The maximum absolute atomic E-state index is 12.5. The molecule has 3 N–H and O–H groups in total. The number of nitrogens with one attached hydrogen (secondary N) is 2. The van der Waals surface area contributed by atoms with Crippen LogP contribution in [0.4, 0.5) is 23.3 Å². The van der Waals surface area contributed by atoms with Gasteiger partial charge in [-0.3, -0.25) is 38.3 Å². The number of nitrogens with zero attached hydrogens (tertiary/aromatic N) is 12. The number of ether oxygens (including phenoxy) is 3. The number of carboxylic acid groups (broad SMARTS) is 1. The molecule has 22 nitrogen and oxygen atoms in total. The highest BCUT2D eigenvalue weighted by atomic mass is 16.6. The molecule has 2 aliphatic rings. The summed E-state index contributed by atoms with van der Waals surface area (Å²) in [4.78, 5) is 70.2. The number of rotatable bonds is 21. The average Bonchev–Trinajstić information content (AvgIpc) is 4.21. The molecule has 0 bridgehead atoms. The van der Waals surface area contributed by atoms with E-state index >= 15 is 0 Å². The normalized spacial score (nSPS) is 19.1. The Morgan fingerprint density at radius 2 is 1.11 bits per heavy atom. The first kappa shape index (κ1) is 53.8. The minimum absolute atomic E-state index is 0.0423. The number of likely N-dealkylation sites (N-methyl/N-ethyl adjacent to an activating group) is 2. The SMILES string of the molecule is CC[C@H](Cn1ccc2cnc(Nc3cnn(CC(=O)O[C@@H]4C[C@@H](C(=O)O)N(C)C4)c3)nc21)C(C)C.CC[C@H](Cn1ccc2cnc(Nc3cnn(CC(=O)O[C@@H]4C[C@@H](C(=O)OC(C)C)N(C)C4)c3)nc21)C(C)C. The number of aromatic nitrogens is 10. The van der Waals surface area contributed by atoms with Gasteiger partial charge in [0.2, 0.25) is 11.9 Å². The van der Waals surface area contributed by atoms with Crippen molar-refractivity contribution < 1.29 is 38.5 Å². The van der Waals surface area contributed by atoms with Gasteiger partial charge in [0.05, 0.1) is 29.9 Å². The van der Waals surface area contributed by atoms with Gasteiger partial charge in [0.25, 0.3) is 0 Å². The van der Waals surface area contributed by atoms with E-state index in [9.17, 15) is 24.3 Å². The molecule has 6 atom stereocenters. The summed E-state index contributed by atoms with van der Waals surface area (Å²) in [5.41, 5.74) is 3.07. The monoisotopic (exact) mass is 1010 g/mol. The summed E-state index contributed by atoms with van der Waals surface area (Å²) < 4.78 is 23.7. The van der Waals surface area contributed by atoms with Gasteiger partial charge in [0.1, 0.15) is 48.7 Å². The quantitative estimate of drug-likeness (QED) is 0.0523. The molecular formula is C51H72N14O8. The van der Waals surface area contributed by atoms with Crippen molar-refractivity contribution >= 4 is 69.2 Å². The van der Waals surface area contributed by atoms with Crippen LogP contribution in [0.1, 0.15) is 81.1 Å². The van der Waals surface area contributed by atoms with Gasteiger partial charge >= 0.3 is 23.9 Å². The Morgan fingerprint density at radius 1 is 0.671 bits per heavy atom. The largest absolute Gasteiger partial charge is 0.480 e. The van der Waals surface area contributed by atoms with Gasteiger partial charge in [-0.05, 0) is 63.7 Å². The minimum Gasteiger partial charge on any atom is -0.480 e. The van der Waals surface area contributed by atoms with Gasteiger partial charge in [-0.1, -0.05) is 54.4 Å². The second kappa shape index (κ2) is 24.2. The van der Waals surface area contributed by atoms with Gasteiger partial charge in [-0.25, -0.2) is 9.97 Å². The van der Waals surface area contributed by atoms with Crippen LogP contribution in [0.25, 0.3) is 22.1 Å². The van der Waals surface area contributed by atoms with Crippen LogP contribution < -0.4 is 10.6 Å². The summed E-state index contributed by atoms with van der Waals surface area (Å²) >= 11 is 0. The van der Waals surface area contributed by atoms with E-state index in [1.807, 2.05) is 44.1 Å². The van der Waals surface area contributed by atoms with Crippen LogP contribution >= 0.6 is 0 Å². The molecule has 6 aromatic heterocycles. The van der Waals surface area contributed by atoms with Crippen LogP contribution in [0.2, 0.25) is 0 Å². The molecule has 8 heterocycles. The third-order valence-corrected chi connectivity index (χ3v) is 13.7. The molecule has 6 aromatic rings. The number of carbonyl (C=O) groups is 4. The fourth-order valence-corrected chi connectivity index (χ4v) is 9.43. The van der Waals surface area contributed by atoms with Crippen molar-refractivity contribution in [1.29, 1.82) is 0 Å². The lowest BCUT2D eigenvalue weighted by Crippen LogP contribution is -2.35. The number of hydrogen-bond donors (Lipinski definition) is 3. The lowest BCUT2D eigenvalue weighted by Gasteiger charge is -2.20. The number of hydrogen-bond acceptors (Lipinski definition) is 17. The molecule has 8 rings (SSSR count). The topological polar surface area (TPSA) is 244 Å². The highest BCUT2D eigenvalue weighted by Crippen LogP contribution is 2.26. The van der Waals surface area contributed by atoms with Gasteiger partial charge < -0.3 is 39.1 Å². The predicted molar refractivity (Wildman–Crippen MR) is 274 cm³/mol. The maximum atomic E-state index is 12.5. The summed E-state index contributed by atoms with van der Waals surface area (Å²) in [5.74, 6) is 1.14. The van der Waals surface area contributed by atoms with Crippen molar-refractivity contribution in [3.8, 4) is 0 Å². The van der Waals surface area contributed by atoms with E-state index in [-0.39, 0.29) is 37.7 Å². The van der Waals surface area contributed by atoms with E-state index in [0.29, 0.717) is 66.5 Å². The summed E-state index contributed by atoms with van der Waals surface area (Å²) in [6, 6.07) is 3.02. The Morgan fingerprint density at radius 3 is 1.51 bits per heavy atom. The molecule has 2 aliphatic heterocycles. The molecule has 22 heteroatoms. The Balaban J connectivity index is 0.000000214. The maximum Gasteiger partial charge on any atom is 0.328 e. The zero-order valence-corrected chi connectivity index (χ0v) is 43.7. The van der Waals surface area contributed by atoms with E-state index in [0.717, 1.165) is 48.0 Å². The number of anilines is 4. The van der Waals surface area contributed by atoms with Gasteiger partial charge in [0.15, 0.2) is 0 Å². The highest BCUT2D eigenvalue weighted by molar-refractivity contribution is 5.79. The number of carbonyl (C=O) groups excluding carboxylic acids is 3. The van der Waals surface area contributed by atoms with Crippen molar-refractivity contribution in [2.75, 3.05) is 37.8 Å². The summed E-state index contributed by atoms with van der Waals surface area (Å²) in [7, 11) is 3.54. The number of esters is 3. The number of carboxylic acids is 1. The van der Waals surface area contributed by atoms with E-state index in [2.05, 4.69) is 93.9 Å². The zero-order chi connectivity index (χ0) is 52.5. The fourth-order valence-electron chi connectivity index (χ4n) is 9.43. The van der Waals surface area contributed by atoms with Crippen LogP contribution in [0.3, 0.4) is 0 Å². The molecule has 0 amide bonds. The fraction of sp³-hybridized carbons (Fsp3) is 0.569. The number of aliphatic carboxylic acids is 1. The van der Waals surface area contributed by atoms with Gasteiger partial charge in [0, 0.05) is 87.0 Å². The molecule has 0 saturated carbocycles. The molecular weight excluding hydrogens is 937 g/mol. The Kier molecular flexibility index (Phi) is 17.8. The predicted octanol–water partition coefficient (Wildman–Crippen LogP) is 6.38. The smallest absolute Gasteiger partial charge is 0.328 e. The van der Waals surface area contributed by atoms with E-state index in [4.69, 9.17) is 24.2 Å². The molecule has 2 fully saturated rings. The number of likely N-dealkylation sites (tertiary alicyclic amines) is 2. The highest BCUT2D eigenvalue weighted by Gasteiger charge is 2.38. The van der Waals surface area contributed by atoms with Crippen LogP contribution in [0.5, 0.6) is 0 Å². The molecule has 0 spiro atoms. The van der Waals surface area contributed by atoms with Crippen LogP contribution in [-0.4, -0.2) is 145 Å². The van der Waals surface area contributed by atoms with Crippen molar-refractivity contribution in [2.24, 2.45) is 23.7 Å². The lowest BCUT2D eigenvalue weighted by atomic mass is 9.93. The van der Waals surface area contributed by atoms with Crippen molar-refractivity contribution in [3.05, 3.63) is 61.7 Å². The van der Waals surface area contributed by atoms with Crippen LogP contribution in [0.15, 0.2) is 61.7 Å². The third kappa shape index (κ3) is 14.2. The standard InChI is InChI=1S/C27H39N7O4.C24H33N7O4/c1-7-19(17(2)3)13-33-9-8-20-11-28-27(31-25(20)33)30-21-12-29-34(14-21)16-24(35)38-22-10-23(32(6)15-22)26(36)37-18(4)5;1-5-16(15(2)3)11-30-7-6-17-9-25-24(28-22(17)30)27-18-10-26-31(12-18)14-21(32)35-19-8-20(23(33)34)29(4)13-19/h8-9,11-12,14,17-19,22-23H,7,10,13,15-16H2,1-6H3,(H,28,30,31);6-7,9-10,12,15-16,19-20H,5,8,11,13-14H2,1-4H3,(H,33,34)(H,25,27,28)/t19-,22-,23+;16-,19-,20+/m11/s1. The van der Waals surface area contributed by atoms with Crippen LogP contribution in [0, 0.1) is 23.7 Å². The Hall–Kier alpha value is -6.94. The zero-order valence-electron chi connectivity index (χ0n) is 43.7. The second-order valence-corrected chi connectivity index (χ2v) is 20.2. The first-order valence-corrected chi connectivity index (χ1v) is 25.3. The van der Waals surface area contributed by atoms with Gasteiger partial charge in [-0.2, -0.15) is 20.2 Å². The molecule has 73 heavy (non-hydrogen) atoms. The third-order valence-electron chi connectivity index (χ3n) is 13.7. The second-order valence-electron chi connectivity index (χ2n) is 20.2. The first-order valence-electron chi connectivity index (χ1n) is 25.3. The molecule has 0 aliphatic carbocycles. The lowest BCUT2D eigenvalue weighted by molar-refractivity contribution is -0.153. The Labute approximate surface area is 425 Å². The number of fused-ring (bicyclic) bond motifs is 2. The average molecular weight is 1010 g/mol. The summed E-state index contributed by atoms with van der Waals surface area (Å²) in [6.07, 6.45) is 16.2. The molecule has 394 valence electrons. The van der Waals surface area contributed by atoms with E-state index in [1.54, 1.807) is 42.9 Å². The van der Waals surface area contributed by atoms with E-state index < -0.39 is 36.1 Å². The van der Waals surface area contributed by atoms with E-state index in [1.165, 1.54) is 9.36 Å². The van der Waals surface area contributed by atoms with Crippen molar-refractivity contribution in [1.82, 2.24) is 58.4 Å². The summed E-state index contributed by atoms with van der Waals surface area (Å²) in [6.45, 7) is 19.6. The van der Waals surface area contributed by atoms with Crippen molar-refractivity contribution in [2.45, 2.75) is 138 Å². The van der Waals surface area contributed by atoms with Gasteiger partial charge in [-0.15, -0.1) is 0 Å². The Bertz CT molecular complexity index is 2820. The molecule has 2 saturated heterocycles. The van der Waals surface area contributed by atoms with Crippen molar-refractivity contribution in [3.63, 3.8) is 0 Å². The molecule has 0 aromatic carbocycles.